The minimum absolute atomic E-state index is 0.197. The highest BCUT2D eigenvalue weighted by Gasteiger charge is 2.16. The summed E-state index contributed by atoms with van der Waals surface area (Å²) in [6.45, 7) is 0. The zero-order valence-corrected chi connectivity index (χ0v) is 19.2. The van der Waals surface area contributed by atoms with E-state index in [0.717, 1.165) is 11.0 Å². The van der Waals surface area contributed by atoms with Crippen LogP contribution in [0.25, 0.3) is 16.7 Å². The van der Waals surface area contributed by atoms with Crippen LogP contribution in [0, 0.1) is 0 Å². The normalized spacial score (nSPS) is 10.8. The Labute approximate surface area is 204 Å². The zero-order chi connectivity index (χ0) is 24.4. The molecule has 0 spiro atoms. The van der Waals surface area contributed by atoms with Crippen molar-refractivity contribution in [2.75, 3.05) is 17.7 Å². The van der Waals surface area contributed by atoms with Gasteiger partial charge < -0.3 is 20.4 Å². The lowest BCUT2D eigenvalue weighted by Gasteiger charge is -2.10. The summed E-state index contributed by atoms with van der Waals surface area (Å²) in [6.07, 6.45) is 4.99. The summed E-state index contributed by atoms with van der Waals surface area (Å²) in [7, 11) is 1.57. The molecule has 5 rings (SSSR count). The molecule has 3 aromatic heterocycles. The molecule has 0 radical (unpaired) electrons. The molecule has 0 fully saturated rings. The number of carbonyl (C=O) groups excluding carboxylic acids is 2. The van der Waals surface area contributed by atoms with E-state index in [2.05, 4.69) is 25.7 Å². The molecular weight excluding hydrogens is 468 g/mol. The number of pyridine rings is 1. The Kier molecular flexibility index (Phi) is 5.90. The first-order valence-electron chi connectivity index (χ1n) is 10.6. The van der Waals surface area contributed by atoms with Gasteiger partial charge in [0.05, 0.1) is 29.6 Å². The second-order valence-electron chi connectivity index (χ2n) is 7.56. The number of carbonyl (C=O) groups is 2. The van der Waals surface area contributed by atoms with Crippen LogP contribution in [0.4, 0.5) is 11.4 Å². The average molecular weight is 487 g/mol. The third-order valence-electron chi connectivity index (χ3n) is 5.28. The van der Waals surface area contributed by atoms with E-state index in [9.17, 15) is 9.59 Å². The number of fused-ring (bicyclic) bond motifs is 1. The Hall–Kier alpha value is -4.63. The number of rotatable bonds is 6. The Balaban J connectivity index is 1.32. The van der Waals surface area contributed by atoms with Gasteiger partial charge in [0.2, 0.25) is 0 Å². The number of nitrogens with zero attached hydrogens (tertiary/aromatic N) is 3. The molecule has 174 valence electrons. The fraction of sp³-hybridized carbons (Fsp3) is 0.0400. The Morgan fingerprint density at radius 2 is 1.83 bits per heavy atom. The van der Waals surface area contributed by atoms with Crippen molar-refractivity contribution in [3.63, 3.8) is 0 Å². The first-order chi connectivity index (χ1) is 17.0. The molecule has 0 aliphatic heterocycles. The number of ether oxygens (including phenoxy) is 1. The molecule has 2 aromatic carbocycles. The van der Waals surface area contributed by atoms with Gasteiger partial charge in [0.1, 0.15) is 17.1 Å². The number of halogens is 1. The average Bonchev–Trinajstić information content (AvgIpc) is 3.55. The highest BCUT2D eigenvalue weighted by Crippen LogP contribution is 2.24. The molecule has 3 heterocycles. The maximum atomic E-state index is 12.9. The Bertz CT molecular complexity index is 1560. The monoisotopic (exact) mass is 486 g/mol. The summed E-state index contributed by atoms with van der Waals surface area (Å²) < 4.78 is 6.91. The van der Waals surface area contributed by atoms with Crippen molar-refractivity contribution in [3.8, 4) is 11.4 Å². The molecule has 0 unspecified atom stereocenters. The largest absolute Gasteiger partial charge is 0.494 e. The van der Waals surface area contributed by atoms with E-state index in [1.54, 1.807) is 54.6 Å². The van der Waals surface area contributed by atoms with Crippen molar-refractivity contribution in [2.24, 2.45) is 0 Å². The van der Waals surface area contributed by atoms with E-state index in [1.165, 1.54) is 6.07 Å². The number of anilines is 2. The molecule has 2 amide bonds. The van der Waals surface area contributed by atoms with E-state index < -0.39 is 11.8 Å². The number of hydrogen-bond acceptors (Lipinski definition) is 5. The summed E-state index contributed by atoms with van der Waals surface area (Å²) in [5.41, 5.74) is 2.75. The van der Waals surface area contributed by atoms with Crippen molar-refractivity contribution >= 4 is 45.8 Å². The molecule has 10 heteroatoms. The third kappa shape index (κ3) is 4.57. The predicted octanol–water partition coefficient (Wildman–Crippen LogP) is 4.92. The molecule has 0 atom stereocenters. The number of para-hydroxylation sites is 2. The van der Waals surface area contributed by atoms with Crippen LogP contribution in [0.5, 0.6) is 5.75 Å². The number of benzene rings is 2. The van der Waals surface area contributed by atoms with Gasteiger partial charge >= 0.3 is 0 Å². The maximum Gasteiger partial charge on any atom is 0.276 e. The Morgan fingerprint density at radius 3 is 2.69 bits per heavy atom. The molecule has 0 saturated heterocycles. The van der Waals surface area contributed by atoms with Crippen LogP contribution >= 0.6 is 11.6 Å². The van der Waals surface area contributed by atoms with Crippen molar-refractivity contribution < 1.29 is 14.3 Å². The van der Waals surface area contributed by atoms with Crippen LogP contribution in [0.15, 0.2) is 79.3 Å². The fourth-order valence-corrected chi connectivity index (χ4v) is 3.78. The van der Waals surface area contributed by atoms with Crippen molar-refractivity contribution in [3.05, 3.63) is 95.5 Å². The number of nitrogens with one attached hydrogen (secondary N) is 3. The summed E-state index contributed by atoms with van der Waals surface area (Å²) in [4.78, 5) is 32.9. The van der Waals surface area contributed by atoms with E-state index in [0.29, 0.717) is 22.8 Å². The quantitative estimate of drug-likeness (QED) is 0.315. The van der Waals surface area contributed by atoms with E-state index in [4.69, 9.17) is 16.3 Å². The molecule has 5 aromatic rings. The molecule has 3 N–H and O–H groups in total. The molecule has 9 nitrogen and oxygen atoms in total. The molecule has 0 saturated carbocycles. The zero-order valence-electron chi connectivity index (χ0n) is 18.4. The number of aromatic nitrogens is 4. The van der Waals surface area contributed by atoms with Crippen LogP contribution in [-0.4, -0.2) is 38.7 Å². The second kappa shape index (κ2) is 9.32. The van der Waals surface area contributed by atoms with E-state index in [-0.39, 0.29) is 16.3 Å². The molecule has 0 bridgehead atoms. The van der Waals surface area contributed by atoms with Gasteiger partial charge in [0.25, 0.3) is 11.8 Å². The number of aromatic amines is 1. The van der Waals surface area contributed by atoms with Gasteiger partial charge in [0.15, 0.2) is 5.69 Å². The number of hydrogen-bond donors (Lipinski definition) is 3. The topological polar surface area (TPSA) is 114 Å². The second-order valence-corrected chi connectivity index (χ2v) is 7.97. The van der Waals surface area contributed by atoms with Gasteiger partial charge in [-0.15, -0.1) is 0 Å². The molecule has 0 aliphatic rings. The summed E-state index contributed by atoms with van der Waals surface area (Å²) >= 11 is 6.27. The molecule has 35 heavy (non-hydrogen) atoms. The van der Waals surface area contributed by atoms with Crippen LogP contribution in [-0.2, 0) is 0 Å². The summed E-state index contributed by atoms with van der Waals surface area (Å²) in [6, 6.07) is 17.3. The van der Waals surface area contributed by atoms with Crippen LogP contribution in [0.3, 0.4) is 0 Å². The van der Waals surface area contributed by atoms with Crippen LogP contribution in [0.2, 0.25) is 5.02 Å². The first kappa shape index (κ1) is 22.2. The lowest BCUT2D eigenvalue weighted by atomic mass is 10.1. The SMILES string of the molecule is COc1ccccc1-n1ccc(C(=O)Nc2ccc(Cl)c(C(=O)Nc3cnc4[nH]ccc4c3)c2)n1. The number of H-pyrrole nitrogens is 1. The van der Waals surface area contributed by atoms with Gasteiger partial charge in [0, 0.05) is 23.5 Å². The maximum absolute atomic E-state index is 12.9. The Morgan fingerprint density at radius 1 is 1.00 bits per heavy atom. The van der Waals surface area contributed by atoms with Crippen LogP contribution in [0.1, 0.15) is 20.8 Å². The van der Waals surface area contributed by atoms with Crippen molar-refractivity contribution in [1.82, 2.24) is 19.7 Å². The highest BCUT2D eigenvalue weighted by atomic mass is 35.5. The number of amides is 2. The number of methoxy groups -OCH3 is 1. The highest BCUT2D eigenvalue weighted by molar-refractivity contribution is 6.34. The predicted molar refractivity (Wildman–Crippen MR) is 134 cm³/mol. The van der Waals surface area contributed by atoms with Gasteiger partial charge in [-0.2, -0.15) is 5.10 Å². The summed E-state index contributed by atoms with van der Waals surface area (Å²) in [5.74, 6) is -0.237. The lowest BCUT2D eigenvalue weighted by molar-refractivity contribution is 0.101. The van der Waals surface area contributed by atoms with E-state index in [1.807, 2.05) is 30.3 Å². The van der Waals surface area contributed by atoms with Gasteiger partial charge in [-0.1, -0.05) is 23.7 Å². The van der Waals surface area contributed by atoms with Gasteiger partial charge in [-0.25, -0.2) is 9.67 Å². The minimum atomic E-state index is -0.436. The van der Waals surface area contributed by atoms with Crippen molar-refractivity contribution in [2.45, 2.75) is 0 Å². The lowest BCUT2D eigenvalue weighted by Crippen LogP contribution is -2.16. The third-order valence-corrected chi connectivity index (χ3v) is 5.61. The minimum Gasteiger partial charge on any atom is -0.494 e. The summed E-state index contributed by atoms with van der Waals surface area (Å²) in [5, 5.41) is 11.0. The standard InChI is InChI=1S/C25H19ClN6O3/c1-35-22-5-3-2-4-21(22)32-11-9-20(31-32)25(34)29-16-6-7-19(26)18(13-16)24(33)30-17-12-15-8-10-27-23(15)28-14-17/h2-14H,1H3,(H,27,28)(H,29,34)(H,30,33). The molecule has 0 aliphatic carbocycles. The van der Waals surface area contributed by atoms with E-state index >= 15 is 0 Å². The first-order valence-corrected chi connectivity index (χ1v) is 10.9. The van der Waals surface area contributed by atoms with Gasteiger partial charge in [-0.05, 0) is 48.5 Å². The fourth-order valence-electron chi connectivity index (χ4n) is 3.58. The molecular formula is C25H19ClN6O3. The van der Waals surface area contributed by atoms with Gasteiger partial charge in [-0.3, -0.25) is 9.59 Å². The smallest absolute Gasteiger partial charge is 0.276 e. The van der Waals surface area contributed by atoms with Crippen molar-refractivity contribution in [1.29, 1.82) is 0 Å². The van der Waals surface area contributed by atoms with Crippen LogP contribution < -0.4 is 15.4 Å².